The van der Waals surface area contributed by atoms with Gasteiger partial charge in [0.25, 0.3) is 0 Å². The lowest BCUT2D eigenvalue weighted by Crippen LogP contribution is -2.47. The summed E-state index contributed by atoms with van der Waals surface area (Å²) in [5.74, 6) is 0.270. The molecule has 1 fully saturated rings. The van der Waals surface area contributed by atoms with Gasteiger partial charge in [-0.1, -0.05) is 18.0 Å². The highest BCUT2D eigenvalue weighted by atomic mass is 32.2. The SMILES string of the molecule is CCN1CCN(CCS(=O)[O-])CC1. The van der Waals surface area contributed by atoms with Crippen molar-refractivity contribution >= 4 is 11.1 Å². The van der Waals surface area contributed by atoms with Crippen molar-refractivity contribution in [3.05, 3.63) is 0 Å². The standard InChI is InChI=1S/C8H18N2O2S/c1-2-9-3-5-10(6-4-9)7-8-13(11)12/h2-8H2,1H3,(H,11,12)/p-1. The van der Waals surface area contributed by atoms with Gasteiger partial charge in [0.2, 0.25) is 0 Å². The maximum absolute atomic E-state index is 10.3. The Morgan fingerprint density at radius 1 is 1.23 bits per heavy atom. The molecule has 1 aliphatic rings. The van der Waals surface area contributed by atoms with E-state index in [4.69, 9.17) is 0 Å². The van der Waals surface area contributed by atoms with Crippen molar-refractivity contribution in [3.8, 4) is 0 Å². The highest BCUT2D eigenvalue weighted by Crippen LogP contribution is 2.00. The van der Waals surface area contributed by atoms with Crippen LogP contribution >= 0.6 is 0 Å². The Bertz CT molecular complexity index is 170. The first-order valence-corrected chi connectivity index (χ1v) is 5.97. The summed E-state index contributed by atoms with van der Waals surface area (Å²) < 4.78 is 20.7. The number of rotatable bonds is 4. The second-order valence-electron chi connectivity index (χ2n) is 3.28. The first kappa shape index (κ1) is 11.1. The molecule has 1 rings (SSSR count). The van der Waals surface area contributed by atoms with Crippen LogP contribution in [0.25, 0.3) is 0 Å². The molecule has 1 saturated heterocycles. The minimum absolute atomic E-state index is 0.270. The molecule has 5 heteroatoms. The van der Waals surface area contributed by atoms with Crippen LogP contribution in [0.2, 0.25) is 0 Å². The van der Waals surface area contributed by atoms with Crippen molar-refractivity contribution in [3.63, 3.8) is 0 Å². The van der Waals surface area contributed by atoms with Gasteiger partial charge in [0.1, 0.15) is 0 Å². The summed E-state index contributed by atoms with van der Waals surface area (Å²) in [7, 11) is 0. The summed E-state index contributed by atoms with van der Waals surface area (Å²) in [5, 5.41) is 0. The van der Waals surface area contributed by atoms with Crippen LogP contribution in [-0.2, 0) is 11.1 Å². The Morgan fingerprint density at radius 2 is 1.77 bits per heavy atom. The molecule has 0 saturated carbocycles. The van der Waals surface area contributed by atoms with Gasteiger partial charge in [0.05, 0.1) is 0 Å². The van der Waals surface area contributed by atoms with Gasteiger partial charge in [-0.2, -0.15) is 0 Å². The molecule has 1 aliphatic heterocycles. The van der Waals surface area contributed by atoms with Crippen LogP contribution in [0.1, 0.15) is 6.92 Å². The Labute approximate surface area is 82.2 Å². The molecule has 13 heavy (non-hydrogen) atoms. The average Bonchev–Trinajstić information content (AvgIpc) is 2.15. The quantitative estimate of drug-likeness (QED) is 0.581. The summed E-state index contributed by atoms with van der Waals surface area (Å²) in [6, 6.07) is 0. The monoisotopic (exact) mass is 205 g/mol. The molecule has 0 bridgehead atoms. The first-order chi connectivity index (χ1) is 6.22. The van der Waals surface area contributed by atoms with Crippen molar-refractivity contribution in [2.24, 2.45) is 0 Å². The smallest absolute Gasteiger partial charge is 0.0229 e. The van der Waals surface area contributed by atoms with Crippen molar-refractivity contribution in [1.29, 1.82) is 0 Å². The van der Waals surface area contributed by atoms with E-state index in [1.165, 1.54) is 0 Å². The van der Waals surface area contributed by atoms with Gasteiger partial charge in [0, 0.05) is 38.5 Å². The molecule has 1 atom stereocenters. The van der Waals surface area contributed by atoms with Gasteiger partial charge in [-0.15, -0.1) is 0 Å². The fraction of sp³-hybridized carbons (Fsp3) is 1.00. The van der Waals surface area contributed by atoms with Gasteiger partial charge in [-0.25, -0.2) is 0 Å². The van der Waals surface area contributed by atoms with E-state index in [2.05, 4.69) is 16.7 Å². The molecule has 0 spiro atoms. The van der Waals surface area contributed by atoms with Crippen molar-refractivity contribution in [1.82, 2.24) is 9.80 Å². The maximum atomic E-state index is 10.3. The molecule has 0 radical (unpaired) electrons. The summed E-state index contributed by atoms with van der Waals surface area (Å²) in [6.07, 6.45) is 0. The zero-order valence-electron chi connectivity index (χ0n) is 8.07. The van der Waals surface area contributed by atoms with Crippen LogP contribution in [0.3, 0.4) is 0 Å². The highest BCUT2D eigenvalue weighted by Gasteiger charge is 2.14. The largest absolute Gasteiger partial charge is 0.772 e. The Hall–Kier alpha value is 0.0300. The van der Waals surface area contributed by atoms with Crippen LogP contribution < -0.4 is 0 Å². The molecular formula is C8H17N2O2S-. The van der Waals surface area contributed by atoms with E-state index in [0.717, 1.165) is 32.7 Å². The lowest BCUT2D eigenvalue weighted by atomic mass is 10.3. The summed E-state index contributed by atoms with van der Waals surface area (Å²) in [5.41, 5.74) is 0. The predicted octanol–water partition coefficient (Wildman–Crippen LogP) is -0.497. The average molecular weight is 205 g/mol. The van der Waals surface area contributed by atoms with Crippen molar-refractivity contribution in [2.75, 3.05) is 45.0 Å². The zero-order chi connectivity index (χ0) is 9.68. The minimum atomic E-state index is -1.88. The molecule has 78 valence electrons. The predicted molar refractivity (Wildman–Crippen MR) is 52.3 cm³/mol. The molecule has 0 aromatic rings. The lowest BCUT2D eigenvalue weighted by molar-refractivity contribution is 0.143. The van der Waals surface area contributed by atoms with Gasteiger partial charge in [-0.05, 0) is 6.54 Å². The van der Waals surface area contributed by atoms with Gasteiger partial charge in [0.15, 0.2) is 0 Å². The van der Waals surface area contributed by atoms with E-state index in [9.17, 15) is 8.76 Å². The zero-order valence-corrected chi connectivity index (χ0v) is 8.89. The van der Waals surface area contributed by atoms with E-state index in [1.54, 1.807) is 0 Å². The molecule has 1 unspecified atom stereocenters. The Morgan fingerprint density at radius 3 is 2.23 bits per heavy atom. The molecule has 0 aliphatic carbocycles. The maximum Gasteiger partial charge on any atom is 0.0229 e. The summed E-state index contributed by atoms with van der Waals surface area (Å²) >= 11 is -1.88. The van der Waals surface area contributed by atoms with E-state index in [0.29, 0.717) is 6.54 Å². The van der Waals surface area contributed by atoms with Crippen LogP contribution in [-0.4, -0.2) is 63.6 Å². The number of piperazine rings is 1. The van der Waals surface area contributed by atoms with Crippen molar-refractivity contribution in [2.45, 2.75) is 6.92 Å². The summed E-state index contributed by atoms with van der Waals surface area (Å²) in [6.45, 7) is 8.09. The fourth-order valence-electron chi connectivity index (χ4n) is 1.53. The second kappa shape index (κ2) is 5.70. The molecule has 0 N–H and O–H groups in total. The van der Waals surface area contributed by atoms with Crippen LogP contribution in [0, 0.1) is 0 Å². The van der Waals surface area contributed by atoms with E-state index in [1.807, 2.05) is 0 Å². The van der Waals surface area contributed by atoms with Gasteiger partial charge < -0.3 is 9.45 Å². The minimum Gasteiger partial charge on any atom is -0.772 e. The number of hydrogen-bond acceptors (Lipinski definition) is 4. The summed E-state index contributed by atoms with van der Waals surface area (Å²) in [4.78, 5) is 4.59. The first-order valence-electron chi connectivity index (χ1n) is 4.73. The number of likely N-dealkylation sites (N-methyl/N-ethyl adjacent to an activating group) is 1. The van der Waals surface area contributed by atoms with Gasteiger partial charge >= 0.3 is 0 Å². The van der Waals surface area contributed by atoms with E-state index in [-0.39, 0.29) is 5.75 Å². The topological polar surface area (TPSA) is 46.6 Å². The molecule has 0 aromatic heterocycles. The van der Waals surface area contributed by atoms with E-state index < -0.39 is 11.1 Å². The number of hydrogen-bond donors (Lipinski definition) is 0. The molecule has 1 heterocycles. The third-order valence-corrected chi connectivity index (χ3v) is 3.00. The third kappa shape index (κ3) is 4.17. The Kier molecular flexibility index (Phi) is 4.87. The Balaban J connectivity index is 2.14. The normalized spacial score (nSPS) is 23.2. The molecule has 0 aromatic carbocycles. The second-order valence-corrected chi connectivity index (χ2v) is 4.30. The lowest BCUT2D eigenvalue weighted by Gasteiger charge is -2.34. The third-order valence-electron chi connectivity index (χ3n) is 2.49. The highest BCUT2D eigenvalue weighted by molar-refractivity contribution is 7.79. The van der Waals surface area contributed by atoms with Crippen LogP contribution in [0.4, 0.5) is 0 Å². The van der Waals surface area contributed by atoms with Crippen LogP contribution in [0.15, 0.2) is 0 Å². The van der Waals surface area contributed by atoms with E-state index >= 15 is 0 Å². The fourth-order valence-corrected chi connectivity index (χ4v) is 1.94. The number of nitrogens with zero attached hydrogens (tertiary/aromatic N) is 2. The van der Waals surface area contributed by atoms with Crippen LogP contribution in [0.5, 0.6) is 0 Å². The molecular weight excluding hydrogens is 188 g/mol. The molecule has 0 amide bonds. The van der Waals surface area contributed by atoms with Crippen molar-refractivity contribution < 1.29 is 8.76 Å². The van der Waals surface area contributed by atoms with Gasteiger partial charge in [-0.3, -0.25) is 9.11 Å². The molecule has 4 nitrogen and oxygen atoms in total.